The third kappa shape index (κ3) is 3.10. The van der Waals surface area contributed by atoms with Gasteiger partial charge in [-0.15, -0.1) is 0 Å². The number of hydrogen-bond donors (Lipinski definition) is 0. The Bertz CT molecular complexity index is 535. The van der Waals surface area contributed by atoms with Crippen LogP contribution in [0.25, 0.3) is 0 Å². The van der Waals surface area contributed by atoms with E-state index >= 15 is 0 Å². The summed E-state index contributed by atoms with van der Waals surface area (Å²) in [4.78, 5) is 14.7. The summed E-state index contributed by atoms with van der Waals surface area (Å²) in [5, 5.41) is 8.72. The molecule has 0 spiro atoms. The van der Waals surface area contributed by atoms with Crippen LogP contribution in [-0.4, -0.2) is 34.4 Å². The highest BCUT2D eigenvalue weighted by Gasteiger charge is 2.30. The van der Waals surface area contributed by atoms with Gasteiger partial charge in [-0.2, -0.15) is 5.26 Å². The highest BCUT2D eigenvalue weighted by Crippen LogP contribution is 2.27. The highest BCUT2D eigenvalue weighted by molar-refractivity contribution is 5.99. The van der Waals surface area contributed by atoms with Gasteiger partial charge in [0.15, 0.2) is 5.78 Å². The first kappa shape index (κ1) is 14.8. The van der Waals surface area contributed by atoms with Gasteiger partial charge in [0, 0.05) is 42.5 Å². The third-order valence-electron chi connectivity index (χ3n) is 4.11. The lowest BCUT2D eigenvalue weighted by molar-refractivity contribution is 0.0925. The van der Waals surface area contributed by atoms with E-state index < -0.39 is 0 Å². The maximum Gasteiger partial charge on any atom is 0.178 e. The Balaban J connectivity index is 2.09. The van der Waals surface area contributed by atoms with Crippen LogP contribution in [0.15, 0.2) is 6.07 Å². The average molecular weight is 273 g/mol. The molecular formula is C16H23N3O. The van der Waals surface area contributed by atoms with E-state index in [9.17, 15) is 4.79 Å². The number of aryl methyl sites for hydroxylation is 1. The minimum atomic E-state index is 0.183. The fraction of sp³-hybridized carbons (Fsp3) is 0.625. The van der Waals surface area contributed by atoms with E-state index in [-0.39, 0.29) is 5.78 Å². The molecule has 0 bridgehead atoms. The van der Waals surface area contributed by atoms with Gasteiger partial charge in [0.1, 0.15) is 0 Å². The normalized spacial score (nSPS) is 14.6. The number of carbonyl (C=O) groups excluding carboxylic acids is 1. The number of nitrogens with zero attached hydrogens (tertiary/aromatic N) is 3. The molecule has 0 atom stereocenters. The van der Waals surface area contributed by atoms with E-state index in [0.717, 1.165) is 36.3 Å². The molecule has 0 N–H and O–H groups in total. The Morgan fingerprint density at radius 2 is 2.20 bits per heavy atom. The molecule has 0 radical (unpaired) electrons. The van der Waals surface area contributed by atoms with Crippen molar-refractivity contribution in [1.82, 2.24) is 9.47 Å². The van der Waals surface area contributed by atoms with E-state index in [1.165, 1.54) is 0 Å². The topological polar surface area (TPSA) is 49.0 Å². The quantitative estimate of drug-likeness (QED) is 0.718. The Kier molecular flexibility index (Phi) is 4.61. The second-order valence-electron chi connectivity index (χ2n) is 5.56. The SMILES string of the molecule is CCn1c(C)cc(C(=O)CN(CCC#N)C2CC2)c1C. The first-order valence-electron chi connectivity index (χ1n) is 7.39. The van der Waals surface area contributed by atoms with Crippen LogP contribution in [0.4, 0.5) is 0 Å². The fourth-order valence-electron chi connectivity index (χ4n) is 2.86. The zero-order valence-corrected chi connectivity index (χ0v) is 12.6. The summed E-state index contributed by atoms with van der Waals surface area (Å²) in [5.74, 6) is 0.183. The van der Waals surface area contributed by atoms with Gasteiger partial charge in [-0.05, 0) is 39.7 Å². The van der Waals surface area contributed by atoms with E-state index in [2.05, 4.69) is 22.5 Å². The monoisotopic (exact) mass is 273 g/mol. The van der Waals surface area contributed by atoms with Crippen LogP contribution in [0, 0.1) is 25.2 Å². The van der Waals surface area contributed by atoms with Gasteiger partial charge in [0.05, 0.1) is 12.6 Å². The van der Waals surface area contributed by atoms with Crippen LogP contribution in [0.3, 0.4) is 0 Å². The minimum absolute atomic E-state index is 0.183. The lowest BCUT2D eigenvalue weighted by atomic mass is 10.1. The summed E-state index contributed by atoms with van der Waals surface area (Å²) in [5.41, 5.74) is 3.04. The van der Waals surface area contributed by atoms with Crippen molar-refractivity contribution in [1.29, 1.82) is 5.26 Å². The molecule has 1 fully saturated rings. The molecule has 0 unspecified atom stereocenters. The van der Waals surface area contributed by atoms with Gasteiger partial charge in [0.2, 0.25) is 0 Å². The molecule has 0 amide bonds. The minimum Gasteiger partial charge on any atom is -0.349 e. The molecule has 1 aromatic heterocycles. The Hall–Kier alpha value is -1.60. The number of ketones is 1. The highest BCUT2D eigenvalue weighted by atomic mass is 16.1. The first-order chi connectivity index (χ1) is 9.58. The van der Waals surface area contributed by atoms with E-state index in [4.69, 9.17) is 5.26 Å². The van der Waals surface area contributed by atoms with Crippen molar-refractivity contribution in [3.63, 3.8) is 0 Å². The van der Waals surface area contributed by atoms with Crippen LogP contribution >= 0.6 is 0 Å². The number of hydrogen-bond acceptors (Lipinski definition) is 3. The fourth-order valence-corrected chi connectivity index (χ4v) is 2.86. The largest absolute Gasteiger partial charge is 0.349 e. The van der Waals surface area contributed by atoms with Gasteiger partial charge in [-0.25, -0.2) is 0 Å². The average Bonchev–Trinajstić information content (AvgIpc) is 3.21. The van der Waals surface area contributed by atoms with Crippen LogP contribution in [-0.2, 0) is 6.54 Å². The summed E-state index contributed by atoms with van der Waals surface area (Å²) in [6.45, 7) is 8.20. The first-order valence-corrected chi connectivity index (χ1v) is 7.39. The molecular weight excluding hydrogens is 250 g/mol. The molecule has 4 nitrogen and oxygen atoms in total. The summed E-state index contributed by atoms with van der Waals surface area (Å²) >= 11 is 0. The van der Waals surface area contributed by atoms with Gasteiger partial charge in [0.25, 0.3) is 0 Å². The van der Waals surface area contributed by atoms with Crippen molar-refractivity contribution < 1.29 is 4.79 Å². The van der Waals surface area contributed by atoms with Crippen molar-refractivity contribution in [2.75, 3.05) is 13.1 Å². The molecule has 1 saturated carbocycles. The lowest BCUT2D eigenvalue weighted by Crippen LogP contribution is -2.33. The van der Waals surface area contributed by atoms with Crippen molar-refractivity contribution in [3.8, 4) is 6.07 Å². The van der Waals surface area contributed by atoms with E-state index in [1.807, 2.05) is 19.9 Å². The standard InChI is InChI=1S/C16H23N3O/c1-4-19-12(2)10-15(13(19)3)16(20)11-18(9-5-8-17)14-6-7-14/h10,14H,4-7,9,11H2,1-3H3. The summed E-state index contributed by atoms with van der Waals surface area (Å²) < 4.78 is 2.17. The van der Waals surface area contributed by atoms with Crippen molar-refractivity contribution in [2.24, 2.45) is 0 Å². The van der Waals surface area contributed by atoms with E-state index in [0.29, 0.717) is 25.6 Å². The molecule has 1 heterocycles. The second kappa shape index (κ2) is 6.23. The van der Waals surface area contributed by atoms with Crippen LogP contribution in [0.1, 0.15) is 47.9 Å². The van der Waals surface area contributed by atoms with Gasteiger partial charge < -0.3 is 4.57 Å². The van der Waals surface area contributed by atoms with Crippen LogP contribution in [0.2, 0.25) is 0 Å². The Morgan fingerprint density at radius 1 is 1.50 bits per heavy atom. The van der Waals surface area contributed by atoms with Gasteiger partial charge in [-0.1, -0.05) is 0 Å². The molecule has 0 aromatic carbocycles. The predicted molar refractivity (Wildman–Crippen MR) is 78.7 cm³/mol. The second-order valence-corrected chi connectivity index (χ2v) is 5.56. The molecule has 20 heavy (non-hydrogen) atoms. The van der Waals surface area contributed by atoms with Gasteiger partial charge in [-0.3, -0.25) is 9.69 Å². The predicted octanol–water partition coefficient (Wildman–Crippen LogP) is 2.69. The Labute approximate surface area is 121 Å². The molecule has 108 valence electrons. The van der Waals surface area contributed by atoms with E-state index in [1.54, 1.807) is 0 Å². The molecule has 2 rings (SSSR count). The molecule has 4 heteroatoms. The molecule has 1 aromatic rings. The zero-order valence-electron chi connectivity index (χ0n) is 12.6. The van der Waals surface area contributed by atoms with Crippen LogP contribution < -0.4 is 0 Å². The summed E-state index contributed by atoms with van der Waals surface area (Å²) in [6.07, 6.45) is 2.82. The Morgan fingerprint density at radius 3 is 2.70 bits per heavy atom. The van der Waals surface area contributed by atoms with Crippen molar-refractivity contribution >= 4 is 5.78 Å². The molecule has 1 aliphatic carbocycles. The number of aromatic nitrogens is 1. The van der Waals surface area contributed by atoms with Crippen molar-refractivity contribution in [2.45, 2.75) is 52.6 Å². The molecule has 0 saturated heterocycles. The molecule has 1 aliphatic rings. The number of rotatable bonds is 7. The molecule has 0 aliphatic heterocycles. The van der Waals surface area contributed by atoms with Crippen molar-refractivity contribution in [3.05, 3.63) is 23.0 Å². The number of carbonyl (C=O) groups is 1. The lowest BCUT2D eigenvalue weighted by Gasteiger charge is -2.19. The van der Waals surface area contributed by atoms with Crippen LogP contribution in [0.5, 0.6) is 0 Å². The third-order valence-corrected chi connectivity index (χ3v) is 4.11. The zero-order chi connectivity index (χ0) is 14.7. The number of nitriles is 1. The maximum absolute atomic E-state index is 12.5. The number of Topliss-reactive ketones (excluding diaryl/α,β-unsaturated/α-hetero) is 1. The smallest absolute Gasteiger partial charge is 0.178 e. The van der Waals surface area contributed by atoms with Gasteiger partial charge >= 0.3 is 0 Å². The summed E-state index contributed by atoms with van der Waals surface area (Å²) in [7, 11) is 0. The maximum atomic E-state index is 12.5. The summed E-state index contributed by atoms with van der Waals surface area (Å²) in [6, 6.07) is 4.68.